The van der Waals surface area contributed by atoms with Gasteiger partial charge >= 0.3 is 0 Å². The molecule has 1 atom stereocenters. The van der Waals surface area contributed by atoms with Crippen molar-refractivity contribution < 1.29 is 14.4 Å². The lowest BCUT2D eigenvalue weighted by atomic mass is 10.1. The lowest BCUT2D eigenvalue weighted by molar-refractivity contribution is 0.173. The topological polar surface area (TPSA) is 55.5 Å². The molecule has 0 saturated heterocycles. The number of aliphatic hydroxyl groups is 1. The molecule has 4 nitrogen and oxygen atoms in total. The first kappa shape index (κ1) is 12.6. The van der Waals surface area contributed by atoms with Gasteiger partial charge in [0.05, 0.1) is 11.8 Å². The molecule has 1 heterocycles. The Morgan fingerprint density at radius 1 is 1.33 bits per heavy atom. The second kappa shape index (κ2) is 5.69. The van der Waals surface area contributed by atoms with Crippen LogP contribution in [-0.2, 0) is 6.61 Å². The van der Waals surface area contributed by atoms with Gasteiger partial charge in [-0.25, -0.2) is 0 Å². The molecule has 4 heteroatoms. The molecule has 1 aromatic carbocycles. The lowest BCUT2D eigenvalue weighted by Crippen LogP contribution is -1.96. The molecule has 0 unspecified atom stereocenters. The van der Waals surface area contributed by atoms with Crippen molar-refractivity contribution in [3.8, 4) is 5.75 Å². The molecule has 0 radical (unpaired) electrons. The average molecular weight is 247 g/mol. The van der Waals surface area contributed by atoms with Crippen LogP contribution in [0.4, 0.5) is 0 Å². The minimum atomic E-state index is -0.407. The average Bonchev–Trinajstić information content (AvgIpc) is 2.82. The second-order valence-corrected chi connectivity index (χ2v) is 4.22. The predicted molar refractivity (Wildman–Crippen MR) is 67.3 cm³/mol. The van der Waals surface area contributed by atoms with Gasteiger partial charge in [-0.15, -0.1) is 0 Å². The van der Waals surface area contributed by atoms with Crippen LogP contribution < -0.4 is 4.74 Å². The molecule has 0 saturated carbocycles. The van der Waals surface area contributed by atoms with Crippen LogP contribution in [0.25, 0.3) is 0 Å². The Balaban J connectivity index is 1.94. The molecule has 96 valence electrons. The van der Waals surface area contributed by atoms with Crippen LogP contribution in [0.1, 0.15) is 36.5 Å². The molecule has 0 aliphatic heterocycles. The summed E-state index contributed by atoms with van der Waals surface area (Å²) < 4.78 is 10.6. The van der Waals surface area contributed by atoms with Crippen molar-refractivity contribution >= 4 is 0 Å². The van der Waals surface area contributed by atoms with E-state index in [2.05, 4.69) is 5.16 Å². The van der Waals surface area contributed by atoms with E-state index in [1.807, 2.05) is 44.2 Å². The lowest BCUT2D eigenvalue weighted by Gasteiger charge is -2.09. The summed E-state index contributed by atoms with van der Waals surface area (Å²) in [4.78, 5) is 0. The number of rotatable bonds is 5. The zero-order chi connectivity index (χ0) is 13.0. The molecule has 2 rings (SSSR count). The summed E-state index contributed by atoms with van der Waals surface area (Å²) in [6.07, 6.45) is 0.299. The molecule has 2 aromatic rings. The van der Waals surface area contributed by atoms with Crippen molar-refractivity contribution in [2.75, 3.05) is 0 Å². The minimum Gasteiger partial charge on any atom is -0.486 e. The first-order valence-corrected chi connectivity index (χ1v) is 6.02. The zero-order valence-corrected chi connectivity index (χ0v) is 10.6. The first-order chi connectivity index (χ1) is 8.69. The molecular weight excluding hydrogens is 230 g/mol. The van der Waals surface area contributed by atoms with Crippen molar-refractivity contribution in [3.63, 3.8) is 0 Å². The molecule has 0 aliphatic rings. The number of hydrogen-bond acceptors (Lipinski definition) is 4. The normalized spacial score (nSPS) is 12.4. The second-order valence-electron chi connectivity index (χ2n) is 4.22. The zero-order valence-electron chi connectivity index (χ0n) is 10.6. The van der Waals surface area contributed by atoms with E-state index in [9.17, 15) is 5.11 Å². The highest BCUT2D eigenvalue weighted by molar-refractivity contribution is 5.28. The van der Waals surface area contributed by atoms with Gasteiger partial charge in [-0.05, 0) is 31.0 Å². The van der Waals surface area contributed by atoms with E-state index in [0.717, 1.165) is 17.0 Å². The smallest absolute Gasteiger partial charge is 0.174 e. The molecule has 0 fully saturated rings. The van der Waals surface area contributed by atoms with Gasteiger partial charge in [-0.1, -0.05) is 24.2 Å². The van der Waals surface area contributed by atoms with Gasteiger partial charge in [-0.2, -0.15) is 0 Å². The summed E-state index contributed by atoms with van der Waals surface area (Å²) in [7, 11) is 0. The van der Waals surface area contributed by atoms with Crippen LogP contribution in [-0.4, -0.2) is 10.3 Å². The first-order valence-electron chi connectivity index (χ1n) is 6.02. The van der Waals surface area contributed by atoms with Gasteiger partial charge in [0, 0.05) is 6.07 Å². The maximum Gasteiger partial charge on any atom is 0.174 e. The Morgan fingerprint density at radius 2 is 2.06 bits per heavy atom. The highest BCUT2D eigenvalue weighted by atomic mass is 16.5. The molecule has 18 heavy (non-hydrogen) atoms. The molecule has 0 aliphatic carbocycles. The third-order valence-electron chi connectivity index (χ3n) is 2.71. The maximum absolute atomic E-state index is 9.67. The maximum atomic E-state index is 9.67. The van der Waals surface area contributed by atoms with Crippen molar-refractivity contribution in [2.45, 2.75) is 33.0 Å². The van der Waals surface area contributed by atoms with Gasteiger partial charge in [0.2, 0.25) is 0 Å². The summed E-state index contributed by atoms with van der Waals surface area (Å²) in [6, 6.07) is 9.27. The van der Waals surface area contributed by atoms with Gasteiger partial charge in [0.25, 0.3) is 0 Å². The van der Waals surface area contributed by atoms with Crippen molar-refractivity contribution in [3.05, 3.63) is 47.3 Å². The molecule has 0 spiro atoms. The van der Waals surface area contributed by atoms with Gasteiger partial charge in [0.15, 0.2) is 5.76 Å². The van der Waals surface area contributed by atoms with Gasteiger partial charge < -0.3 is 14.4 Å². The van der Waals surface area contributed by atoms with E-state index < -0.39 is 6.10 Å². The van der Waals surface area contributed by atoms with E-state index in [1.54, 1.807) is 0 Å². The third kappa shape index (κ3) is 3.11. The Labute approximate surface area is 106 Å². The van der Waals surface area contributed by atoms with E-state index in [0.29, 0.717) is 18.8 Å². The van der Waals surface area contributed by atoms with Crippen LogP contribution in [0.3, 0.4) is 0 Å². The number of aliphatic hydroxyl groups excluding tert-OH is 1. The summed E-state index contributed by atoms with van der Waals surface area (Å²) in [5.74, 6) is 1.45. The van der Waals surface area contributed by atoms with Gasteiger partial charge in [-0.3, -0.25) is 0 Å². The SMILES string of the molecule is CC[C@@H](O)c1ccc(OCc2cc(C)no2)cc1. The minimum absolute atomic E-state index is 0.358. The van der Waals surface area contributed by atoms with Crippen LogP contribution in [0.2, 0.25) is 0 Å². The van der Waals surface area contributed by atoms with Crippen LogP contribution in [0.15, 0.2) is 34.9 Å². The standard InChI is InChI=1S/C14H17NO3/c1-3-14(16)11-4-6-12(7-5-11)17-9-13-8-10(2)15-18-13/h4-8,14,16H,3,9H2,1-2H3/t14-/m1/s1. The van der Waals surface area contributed by atoms with Crippen molar-refractivity contribution in [1.29, 1.82) is 0 Å². The highest BCUT2D eigenvalue weighted by Gasteiger charge is 2.05. The molecule has 0 bridgehead atoms. The number of ether oxygens (including phenoxy) is 1. The Hall–Kier alpha value is -1.81. The Kier molecular flexibility index (Phi) is 3.99. The fourth-order valence-electron chi connectivity index (χ4n) is 1.66. The van der Waals surface area contributed by atoms with E-state index in [-0.39, 0.29) is 0 Å². The molecule has 0 amide bonds. The van der Waals surface area contributed by atoms with Crippen molar-refractivity contribution in [1.82, 2.24) is 5.16 Å². The van der Waals surface area contributed by atoms with E-state index in [4.69, 9.17) is 9.26 Å². The summed E-state index contributed by atoms with van der Waals surface area (Å²) in [5.41, 5.74) is 1.75. The number of hydrogen-bond donors (Lipinski definition) is 1. The third-order valence-corrected chi connectivity index (χ3v) is 2.71. The monoisotopic (exact) mass is 247 g/mol. The number of aryl methyl sites for hydroxylation is 1. The van der Waals surface area contributed by atoms with Crippen molar-refractivity contribution in [2.24, 2.45) is 0 Å². The van der Waals surface area contributed by atoms with E-state index >= 15 is 0 Å². The molecule has 1 aromatic heterocycles. The number of benzene rings is 1. The molecular formula is C14H17NO3. The summed E-state index contributed by atoms with van der Waals surface area (Å²) in [6.45, 7) is 4.17. The van der Waals surface area contributed by atoms with Gasteiger partial charge in [0.1, 0.15) is 12.4 Å². The van der Waals surface area contributed by atoms with Crippen LogP contribution in [0.5, 0.6) is 5.75 Å². The summed E-state index contributed by atoms with van der Waals surface area (Å²) in [5, 5.41) is 13.5. The fraction of sp³-hybridized carbons (Fsp3) is 0.357. The Bertz CT molecular complexity index is 490. The van der Waals surface area contributed by atoms with Crippen LogP contribution in [0, 0.1) is 6.92 Å². The molecule has 1 N–H and O–H groups in total. The fourth-order valence-corrected chi connectivity index (χ4v) is 1.66. The Morgan fingerprint density at radius 3 is 2.61 bits per heavy atom. The summed E-state index contributed by atoms with van der Waals surface area (Å²) >= 11 is 0. The highest BCUT2D eigenvalue weighted by Crippen LogP contribution is 2.20. The largest absolute Gasteiger partial charge is 0.486 e. The number of nitrogens with zero attached hydrogens (tertiary/aromatic N) is 1. The predicted octanol–water partition coefficient (Wildman–Crippen LogP) is 3.01. The van der Waals surface area contributed by atoms with Crippen LogP contribution >= 0.6 is 0 Å². The number of aromatic nitrogens is 1. The van der Waals surface area contributed by atoms with E-state index in [1.165, 1.54) is 0 Å². The quantitative estimate of drug-likeness (QED) is 0.882.